The first kappa shape index (κ1) is 23.2. The molecular weight excluding hydrogens is 482 g/mol. The molecule has 0 bridgehead atoms. The molecule has 0 aliphatic carbocycles. The Labute approximate surface area is 193 Å². The molecule has 2 aromatic heterocycles. The molecule has 0 spiro atoms. The summed E-state index contributed by atoms with van der Waals surface area (Å²) in [5.74, 6) is -1.17. The Morgan fingerprint density at radius 1 is 1.30 bits per heavy atom. The Morgan fingerprint density at radius 3 is 2.82 bits per heavy atom. The SMILES string of the molecule is Cn1ncc(C(=O)NCC2SCCN2C(=O)c2ncsc2-c2cccc(F)c2)c1C(F)(F)F. The first-order valence-electron chi connectivity index (χ1n) is 9.66. The van der Waals surface area contributed by atoms with Crippen molar-refractivity contribution in [2.24, 2.45) is 7.05 Å². The van der Waals surface area contributed by atoms with Crippen LogP contribution in [0.1, 0.15) is 26.5 Å². The van der Waals surface area contributed by atoms with Crippen LogP contribution in [-0.4, -0.2) is 55.7 Å². The molecule has 2 amide bonds. The van der Waals surface area contributed by atoms with Crippen LogP contribution in [0.25, 0.3) is 10.4 Å². The van der Waals surface area contributed by atoms with E-state index in [0.717, 1.165) is 13.2 Å². The van der Waals surface area contributed by atoms with Gasteiger partial charge in [0.25, 0.3) is 11.8 Å². The lowest BCUT2D eigenvalue weighted by Crippen LogP contribution is -2.42. The van der Waals surface area contributed by atoms with E-state index < -0.39 is 40.4 Å². The van der Waals surface area contributed by atoms with E-state index in [4.69, 9.17) is 0 Å². The van der Waals surface area contributed by atoms with Crippen LogP contribution in [0.3, 0.4) is 0 Å². The van der Waals surface area contributed by atoms with Gasteiger partial charge in [0, 0.05) is 25.9 Å². The van der Waals surface area contributed by atoms with E-state index >= 15 is 0 Å². The first-order chi connectivity index (χ1) is 15.7. The molecule has 1 aliphatic rings. The van der Waals surface area contributed by atoms with E-state index in [0.29, 0.717) is 27.4 Å². The van der Waals surface area contributed by atoms with Crippen LogP contribution in [0.15, 0.2) is 36.0 Å². The Hall–Kier alpha value is -2.93. The smallest absolute Gasteiger partial charge is 0.349 e. The summed E-state index contributed by atoms with van der Waals surface area (Å²) in [7, 11) is 1.11. The van der Waals surface area contributed by atoms with Gasteiger partial charge in [-0.15, -0.1) is 23.1 Å². The van der Waals surface area contributed by atoms with Crippen molar-refractivity contribution in [2.75, 3.05) is 18.8 Å². The number of benzene rings is 1. The average molecular weight is 500 g/mol. The molecule has 1 N–H and O–H groups in total. The number of rotatable bonds is 5. The maximum Gasteiger partial charge on any atom is 0.433 e. The van der Waals surface area contributed by atoms with Crippen LogP contribution in [0.5, 0.6) is 0 Å². The predicted octanol–water partition coefficient (Wildman–Crippen LogP) is 3.65. The molecule has 4 rings (SSSR count). The van der Waals surface area contributed by atoms with Crippen LogP contribution in [-0.2, 0) is 13.2 Å². The summed E-state index contributed by atoms with van der Waals surface area (Å²) in [6.07, 6.45) is -3.87. The fourth-order valence-corrected chi connectivity index (χ4v) is 5.44. The minimum Gasteiger partial charge on any atom is -0.349 e. The molecule has 1 unspecified atom stereocenters. The number of thiazole rings is 1. The summed E-state index contributed by atoms with van der Waals surface area (Å²) < 4.78 is 54.0. The second-order valence-corrected chi connectivity index (χ2v) is 9.24. The van der Waals surface area contributed by atoms with E-state index in [1.165, 1.54) is 51.7 Å². The number of carbonyl (C=O) groups is 2. The molecule has 1 saturated heterocycles. The van der Waals surface area contributed by atoms with Crippen LogP contribution in [0.2, 0.25) is 0 Å². The van der Waals surface area contributed by atoms with Gasteiger partial charge in [-0.3, -0.25) is 14.3 Å². The van der Waals surface area contributed by atoms with Crippen LogP contribution >= 0.6 is 23.1 Å². The van der Waals surface area contributed by atoms with Crippen LogP contribution in [0, 0.1) is 5.82 Å². The van der Waals surface area contributed by atoms with Gasteiger partial charge in [-0.05, 0) is 17.7 Å². The van der Waals surface area contributed by atoms with Crippen molar-refractivity contribution < 1.29 is 27.2 Å². The minimum absolute atomic E-state index is 0.0547. The maximum absolute atomic E-state index is 13.6. The Bertz CT molecular complexity index is 1190. The lowest BCUT2D eigenvalue weighted by atomic mass is 10.1. The molecule has 0 radical (unpaired) electrons. The number of halogens is 4. The van der Waals surface area contributed by atoms with Gasteiger partial charge in [0.15, 0.2) is 5.69 Å². The molecule has 3 aromatic rings. The summed E-state index contributed by atoms with van der Waals surface area (Å²) in [6.45, 7) is 0.325. The fourth-order valence-electron chi connectivity index (χ4n) is 3.51. The number of nitrogens with zero attached hydrogens (tertiary/aromatic N) is 4. The lowest BCUT2D eigenvalue weighted by Gasteiger charge is -2.24. The van der Waals surface area contributed by atoms with Crippen LogP contribution < -0.4 is 5.32 Å². The number of nitrogens with one attached hydrogen (secondary N) is 1. The molecule has 3 heterocycles. The second kappa shape index (κ2) is 9.14. The largest absolute Gasteiger partial charge is 0.433 e. The summed E-state index contributed by atoms with van der Waals surface area (Å²) in [4.78, 5) is 31.8. The third-order valence-electron chi connectivity index (χ3n) is 5.00. The molecule has 13 heteroatoms. The van der Waals surface area contributed by atoms with Gasteiger partial charge in [0.05, 0.1) is 27.5 Å². The van der Waals surface area contributed by atoms with E-state index in [1.807, 2.05) is 0 Å². The number of hydrogen-bond donors (Lipinski definition) is 1. The molecule has 1 aliphatic heterocycles. The highest BCUT2D eigenvalue weighted by atomic mass is 32.2. The molecule has 7 nitrogen and oxygen atoms in total. The Morgan fingerprint density at radius 2 is 2.09 bits per heavy atom. The third-order valence-corrected chi connectivity index (χ3v) is 7.10. The monoisotopic (exact) mass is 499 g/mol. The fraction of sp³-hybridized carbons (Fsp3) is 0.300. The topological polar surface area (TPSA) is 80.1 Å². The normalized spacial score (nSPS) is 16.3. The average Bonchev–Trinajstić information content (AvgIpc) is 3.50. The zero-order chi connectivity index (χ0) is 23.8. The molecule has 174 valence electrons. The van der Waals surface area contributed by atoms with Crippen molar-refractivity contribution in [1.82, 2.24) is 25.0 Å². The highest BCUT2D eigenvalue weighted by Crippen LogP contribution is 2.33. The molecule has 0 saturated carbocycles. The number of thioether (sulfide) groups is 1. The van der Waals surface area contributed by atoms with Crippen molar-refractivity contribution in [3.05, 3.63) is 58.7 Å². The highest BCUT2D eigenvalue weighted by Gasteiger charge is 2.40. The van der Waals surface area contributed by atoms with Crippen molar-refractivity contribution in [1.29, 1.82) is 0 Å². The van der Waals surface area contributed by atoms with Crippen molar-refractivity contribution in [2.45, 2.75) is 11.6 Å². The van der Waals surface area contributed by atoms with Gasteiger partial charge < -0.3 is 10.2 Å². The van der Waals surface area contributed by atoms with Gasteiger partial charge in [-0.25, -0.2) is 9.37 Å². The van der Waals surface area contributed by atoms with Gasteiger partial charge in [-0.1, -0.05) is 12.1 Å². The number of hydrogen-bond acceptors (Lipinski definition) is 6. The first-order valence-corrected chi connectivity index (χ1v) is 11.6. The summed E-state index contributed by atoms with van der Waals surface area (Å²) in [5, 5.41) is 5.52. The lowest BCUT2D eigenvalue weighted by molar-refractivity contribution is -0.144. The van der Waals surface area contributed by atoms with Gasteiger partial charge in [-0.2, -0.15) is 18.3 Å². The standard InChI is InChI=1S/C20H17F4N5O2S2/c1-28-17(20(22,23)24)13(8-27-28)18(30)25-9-14-29(5-6-32-14)19(31)15-16(33-10-26-15)11-3-2-4-12(21)7-11/h2-4,7-8,10,14H,5-6,9H2,1H3,(H,25,30). The van der Waals surface area contributed by atoms with Crippen molar-refractivity contribution >= 4 is 34.9 Å². The zero-order valence-electron chi connectivity index (χ0n) is 17.1. The minimum atomic E-state index is -4.74. The summed E-state index contributed by atoms with van der Waals surface area (Å²) >= 11 is 2.60. The molecule has 33 heavy (non-hydrogen) atoms. The summed E-state index contributed by atoms with van der Waals surface area (Å²) in [6, 6.07) is 5.83. The van der Waals surface area contributed by atoms with E-state index in [9.17, 15) is 27.2 Å². The van der Waals surface area contributed by atoms with Gasteiger partial charge in [0.1, 0.15) is 11.5 Å². The molecule has 1 atom stereocenters. The third kappa shape index (κ3) is 4.74. The van der Waals surface area contributed by atoms with E-state index in [2.05, 4.69) is 15.4 Å². The number of alkyl halides is 3. The molecule has 1 aromatic carbocycles. The highest BCUT2D eigenvalue weighted by molar-refractivity contribution is 8.00. The van der Waals surface area contributed by atoms with Crippen molar-refractivity contribution in [3.8, 4) is 10.4 Å². The van der Waals surface area contributed by atoms with E-state index in [-0.39, 0.29) is 12.2 Å². The van der Waals surface area contributed by atoms with Crippen LogP contribution in [0.4, 0.5) is 17.6 Å². The number of carbonyl (C=O) groups excluding carboxylic acids is 2. The molecular formula is C20H17F4N5O2S2. The van der Waals surface area contributed by atoms with E-state index in [1.54, 1.807) is 6.07 Å². The molecule has 1 fully saturated rings. The quantitative estimate of drug-likeness (QED) is 0.543. The Balaban J connectivity index is 1.48. The van der Waals surface area contributed by atoms with Crippen molar-refractivity contribution in [3.63, 3.8) is 0 Å². The summed E-state index contributed by atoms with van der Waals surface area (Å²) in [5.41, 5.74) is 0.451. The Kier molecular flexibility index (Phi) is 6.43. The second-order valence-electron chi connectivity index (χ2n) is 7.10. The number of aromatic nitrogens is 3. The van der Waals surface area contributed by atoms with Gasteiger partial charge >= 0.3 is 6.18 Å². The number of aryl methyl sites for hydroxylation is 1. The maximum atomic E-state index is 13.6. The van der Waals surface area contributed by atoms with Gasteiger partial charge in [0.2, 0.25) is 0 Å². The zero-order valence-corrected chi connectivity index (χ0v) is 18.7. The predicted molar refractivity (Wildman–Crippen MR) is 115 cm³/mol. The number of amides is 2.